The van der Waals surface area contributed by atoms with Crippen molar-refractivity contribution in [1.29, 1.82) is 0 Å². The lowest BCUT2D eigenvalue weighted by Gasteiger charge is -2.12. The standard InChI is InChI=1S/C13H9F3N2O3/c14-13(15,16)21-10-4-2-1-3-9(10)12-17-6-8(7-18-12)5-11(19)20/h1-4,6-7H,5H2,(H,19,20). The fraction of sp³-hybridized carbons (Fsp3) is 0.154. The van der Waals surface area contributed by atoms with Crippen molar-refractivity contribution in [3.63, 3.8) is 0 Å². The van der Waals surface area contributed by atoms with Crippen LogP contribution in [0.3, 0.4) is 0 Å². The molecule has 21 heavy (non-hydrogen) atoms. The minimum Gasteiger partial charge on any atom is -0.481 e. The lowest BCUT2D eigenvalue weighted by Crippen LogP contribution is -2.17. The van der Waals surface area contributed by atoms with Crippen molar-refractivity contribution in [2.75, 3.05) is 0 Å². The van der Waals surface area contributed by atoms with Gasteiger partial charge in [-0.2, -0.15) is 0 Å². The monoisotopic (exact) mass is 298 g/mol. The third-order valence-corrected chi connectivity index (χ3v) is 2.41. The first-order chi connectivity index (χ1) is 9.85. The smallest absolute Gasteiger partial charge is 0.481 e. The molecule has 1 aromatic carbocycles. The third-order valence-electron chi connectivity index (χ3n) is 2.41. The number of ether oxygens (including phenoxy) is 1. The zero-order chi connectivity index (χ0) is 15.5. The van der Waals surface area contributed by atoms with E-state index in [9.17, 15) is 18.0 Å². The number of aromatic nitrogens is 2. The van der Waals surface area contributed by atoms with Gasteiger partial charge < -0.3 is 9.84 Å². The first-order valence-corrected chi connectivity index (χ1v) is 5.73. The van der Waals surface area contributed by atoms with Gasteiger partial charge in [0.1, 0.15) is 5.75 Å². The van der Waals surface area contributed by atoms with Crippen LogP contribution in [0, 0.1) is 0 Å². The first-order valence-electron chi connectivity index (χ1n) is 5.73. The van der Waals surface area contributed by atoms with Crippen molar-refractivity contribution >= 4 is 5.97 Å². The van der Waals surface area contributed by atoms with Crippen molar-refractivity contribution < 1.29 is 27.8 Å². The summed E-state index contributed by atoms with van der Waals surface area (Å²) in [4.78, 5) is 18.3. The number of alkyl halides is 3. The molecule has 2 rings (SSSR count). The maximum absolute atomic E-state index is 12.3. The second kappa shape index (κ2) is 5.78. The highest BCUT2D eigenvalue weighted by molar-refractivity contribution is 5.70. The number of carboxylic acid groups (broad SMARTS) is 1. The van der Waals surface area contributed by atoms with Gasteiger partial charge in [-0.15, -0.1) is 13.2 Å². The Bertz CT molecular complexity index is 642. The molecular weight excluding hydrogens is 289 g/mol. The predicted octanol–water partition coefficient (Wildman–Crippen LogP) is 2.67. The number of rotatable bonds is 4. The molecule has 0 fully saturated rings. The Balaban J connectivity index is 2.31. The van der Waals surface area contributed by atoms with Gasteiger partial charge in [0.05, 0.1) is 12.0 Å². The van der Waals surface area contributed by atoms with E-state index in [2.05, 4.69) is 14.7 Å². The van der Waals surface area contributed by atoms with Crippen LogP contribution < -0.4 is 4.74 Å². The van der Waals surface area contributed by atoms with E-state index in [1.54, 1.807) is 0 Å². The Morgan fingerprint density at radius 3 is 2.38 bits per heavy atom. The van der Waals surface area contributed by atoms with Crippen LogP contribution in [0.1, 0.15) is 5.56 Å². The Hall–Kier alpha value is -2.64. The minimum atomic E-state index is -4.82. The molecule has 0 saturated heterocycles. The van der Waals surface area contributed by atoms with Crippen LogP contribution in [0.25, 0.3) is 11.4 Å². The predicted molar refractivity (Wildman–Crippen MR) is 65.5 cm³/mol. The average Bonchev–Trinajstić information content (AvgIpc) is 2.38. The van der Waals surface area contributed by atoms with Gasteiger partial charge in [-0.25, -0.2) is 9.97 Å². The number of aliphatic carboxylic acids is 1. The zero-order valence-electron chi connectivity index (χ0n) is 10.5. The molecule has 0 saturated carbocycles. The number of carboxylic acids is 1. The summed E-state index contributed by atoms with van der Waals surface area (Å²) in [6.45, 7) is 0. The Morgan fingerprint density at radius 1 is 1.19 bits per heavy atom. The number of hydrogen-bond acceptors (Lipinski definition) is 4. The molecule has 1 heterocycles. The minimum absolute atomic E-state index is 0.0176. The molecule has 5 nitrogen and oxygen atoms in total. The van der Waals surface area contributed by atoms with Gasteiger partial charge in [0, 0.05) is 12.4 Å². The van der Waals surface area contributed by atoms with Crippen LogP contribution in [0.15, 0.2) is 36.7 Å². The van der Waals surface area contributed by atoms with Crippen molar-refractivity contribution in [2.45, 2.75) is 12.8 Å². The van der Waals surface area contributed by atoms with Crippen LogP contribution in [0.5, 0.6) is 5.75 Å². The lowest BCUT2D eigenvalue weighted by atomic mass is 10.2. The summed E-state index contributed by atoms with van der Waals surface area (Å²) in [6.07, 6.45) is -2.58. The number of carbonyl (C=O) groups is 1. The molecule has 0 amide bonds. The molecule has 0 aliphatic carbocycles. The van der Waals surface area contributed by atoms with E-state index in [0.29, 0.717) is 5.56 Å². The highest BCUT2D eigenvalue weighted by Gasteiger charge is 2.32. The number of hydrogen-bond donors (Lipinski definition) is 1. The van der Waals surface area contributed by atoms with Crippen LogP contribution in [0.4, 0.5) is 13.2 Å². The SMILES string of the molecule is O=C(O)Cc1cnc(-c2ccccc2OC(F)(F)F)nc1. The molecule has 0 spiro atoms. The number of para-hydroxylation sites is 1. The van der Waals surface area contributed by atoms with Crippen molar-refractivity contribution in [2.24, 2.45) is 0 Å². The number of nitrogens with zero attached hydrogens (tertiary/aromatic N) is 2. The molecule has 0 atom stereocenters. The summed E-state index contributed by atoms with van der Waals surface area (Å²) in [6, 6.07) is 5.45. The van der Waals surface area contributed by atoms with Crippen molar-refractivity contribution in [1.82, 2.24) is 9.97 Å². The maximum Gasteiger partial charge on any atom is 0.573 e. The molecule has 0 radical (unpaired) electrons. The van der Waals surface area contributed by atoms with Crippen LogP contribution in [0.2, 0.25) is 0 Å². The van der Waals surface area contributed by atoms with Crippen molar-refractivity contribution in [3.8, 4) is 17.1 Å². The summed E-state index contributed by atoms with van der Waals surface area (Å²) in [7, 11) is 0. The molecule has 1 N–H and O–H groups in total. The molecule has 2 aromatic rings. The van der Waals surface area contributed by atoms with E-state index < -0.39 is 18.1 Å². The molecule has 1 aromatic heterocycles. The molecule has 8 heteroatoms. The second-order valence-electron chi connectivity index (χ2n) is 4.03. The summed E-state index contributed by atoms with van der Waals surface area (Å²) in [5.74, 6) is -1.45. The average molecular weight is 298 g/mol. The highest BCUT2D eigenvalue weighted by Crippen LogP contribution is 2.31. The van der Waals surface area contributed by atoms with Gasteiger partial charge in [-0.3, -0.25) is 4.79 Å². The summed E-state index contributed by atoms with van der Waals surface area (Å²) in [5, 5.41) is 8.62. The summed E-state index contributed by atoms with van der Waals surface area (Å²) >= 11 is 0. The van der Waals surface area contributed by atoms with E-state index in [0.717, 1.165) is 6.07 Å². The zero-order valence-corrected chi connectivity index (χ0v) is 10.5. The molecule has 0 unspecified atom stereocenters. The molecule has 0 aliphatic rings. The first kappa shape index (κ1) is 14.8. The van der Waals surface area contributed by atoms with Gasteiger partial charge in [0.25, 0.3) is 0 Å². The van der Waals surface area contributed by atoms with Gasteiger partial charge in [-0.1, -0.05) is 12.1 Å². The van der Waals surface area contributed by atoms with E-state index in [-0.39, 0.29) is 17.8 Å². The second-order valence-corrected chi connectivity index (χ2v) is 4.03. The number of halogens is 3. The topological polar surface area (TPSA) is 72.3 Å². The molecular formula is C13H9F3N2O3. The molecule has 110 valence electrons. The largest absolute Gasteiger partial charge is 0.573 e. The fourth-order valence-corrected chi connectivity index (χ4v) is 1.62. The summed E-state index contributed by atoms with van der Waals surface area (Å²) in [5.41, 5.74) is 0.414. The Kier molecular flexibility index (Phi) is 4.06. The number of benzene rings is 1. The van der Waals surface area contributed by atoms with Gasteiger partial charge >= 0.3 is 12.3 Å². The van der Waals surface area contributed by atoms with E-state index in [1.165, 1.54) is 30.6 Å². The third kappa shape index (κ3) is 4.16. The van der Waals surface area contributed by atoms with Crippen molar-refractivity contribution in [3.05, 3.63) is 42.2 Å². The van der Waals surface area contributed by atoms with Gasteiger partial charge in [-0.05, 0) is 17.7 Å². The van der Waals surface area contributed by atoms with Crippen LogP contribution >= 0.6 is 0 Å². The quantitative estimate of drug-likeness (QED) is 0.939. The van der Waals surface area contributed by atoms with E-state index in [4.69, 9.17) is 5.11 Å². The van der Waals surface area contributed by atoms with Gasteiger partial charge in [0.2, 0.25) is 0 Å². The fourth-order valence-electron chi connectivity index (χ4n) is 1.62. The Labute approximate surface area is 117 Å². The van der Waals surface area contributed by atoms with E-state index in [1.807, 2.05) is 0 Å². The molecule has 0 bridgehead atoms. The maximum atomic E-state index is 12.3. The normalized spacial score (nSPS) is 11.2. The van der Waals surface area contributed by atoms with Gasteiger partial charge in [0.15, 0.2) is 5.82 Å². The van der Waals surface area contributed by atoms with Crippen LogP contribution in [-0.2, 0) is 11.2 Å². The lowest BCUT2D eigenvalue weighted by molar-refractivity contribution is -0.274. The van der Waals surface area contributed by atoms with E-state index >= 15 is 0 Å². The Morgan fingerprint density at radius 2 is 1.81 bits per heavy atom. The molecule has 0 aliphatic heterocycles. The highest BCUT2D eigenvalue weighted by atomic mass is 19.4. The van der Waals surface area contributed by atoms with Crippen LogP contribution in [-0.4, -0.2) is 27.4 Å². The summed E-state index contributed by atoms with van der Waals surface area (Å²) < 4.78 is 40.9.